The number of aromatic nitrogens is 2. The van der Waals surface area contributed by atoms with Gasteiger partial charge in [0.15, 0.2) is 0 Å². The highest BCUT2D eigenvalue weighted by molar-refractivity contribution is 5.00. The van der Waals surface area contributed by atoms with Gasteiger partial charge in [-0.25, -0.2) is 0 Å². The Bertz CT molecular complexity index is 248. The first-order chi connectivity index (χ1) is 5.86. The molecule has 0 radical (unpaired) electrons. The van der Waals surface area contributed by atoms with Gasteiger partial charge < -0.3 is 0 Å². The van der Waals surface area contributed by atoms with E-state index >= 15 is 0 Å². The van der Waals surface area contributed by atoms with Crippen LogP contribution in [0, 0.1) is 6.92 Å². The molecule has 0 aliphatic carbocycles. The maximum atomic E-state index is 4.29. The van der Waals surface area contributed by atoms with Crippen molar-refractivity contribution >= 4 is 0 Å². The second-order valence-electron chi connectivity index (χ2n) is 3.46. The minimum atomic E-state index is 0.437. The van der Waals surface area contributed by atoms with E-state index in [0.717, 1.165) is 6.54 Å². The molecule has 1 fully saturated rings. The fourth-order valence-corrected chi connectivity index (χ4v) is 1.66. The number of piperidine rings is 1. The molecule has 1 saturated heterocycles. The van der Waals surface area contributed by atoms with Crippen molar-refractivity contribution in [2.75, 3.05) is 6.54 Å². The van der Waals surface area contributed by atoms with Gasteiger partial charge in [-0.1, -0.05) is 0 Å². The maximum absolute atomic E-state index is 4.29. The fraction of sp³-hybridized carbons (Fsp3) is 0.667. The second-order valence-corrected chi connectivity index (χ2v) is 3.46. The number of hydrogen-bond acceptors (Lipinski definition) is 2. The summed E-state index contributed by atoms with van der Waals surface area (Å²) in [6.07, 6.45) is 8.28. The summed E-state index contributed by atoms with van der Waals surface area (Å²) < 4.78 is 2.04. The monoisotopic (exact) mass is 165 g/mol. The summed E-state index contributed by atoms with van der Waals surface area (Å²) in [4.78, 5) is 0. The highest BCUT2D eigenvalue weighted by atomic mass is 15.3. The Balaban J connectivity index is 2.08. The van der Waals surface area contributed by atoms with Gasteiger partial charge in [0.05, 0.1) is 6.20 Å². The minimum absolute atomic E-state index is 0.437. The highest BCUT2D eigenvalue weighted by Gasteiger charge is 2.13. The van der Waals surface area contributed by atoms with Crippen molar-refractivity contribution in [2.24, 2.45) is 0 Å². The first-order valence-electron chi connectivity index (χ1n) is 4.60. The smallest absolute Gasteiger partial charge is 0.101 e. The third-order valence-electron chi connectivity index (χ3n) is 2.33. The predicted molar refractivity (Wildman–Crippen MR) is 47.9 cm³/mol. The summed E-state index contributed by atoms with van der Waals surface area (Å²) in [5.74, 6) is 0. The van der Waals surface area contributed by atoms with E-state index in [4.69, 9.17) is 0 Å². The van der Waals surface area contributed by atoms with Gasteiger partial charge in [-0.3, -0.25) is 10.00 Å². The predicted octanol–water partition coefficient (Wildman–Crippen LogP) is 1.46. The Morgan fingerprint density at radius 2 is 2.50 bits per heavy atom. The molecule has 66 valence electrons. The summed E-state index contributed by atoms with van der Waals surface area (Å²) in [5.41, 5.74) is 1.24. The van der Waals surface area contributed by atoms with Gasteiger partial charge in [0.25, 0.3) is 0 Å². The Kier molecular flexibility index (Phi) is 2.13. The van der Waals surface area contributed by atoms with E-state index in [1.165, 1.54) is 24.8 Å². The van der Waals surface area contributed by atoms with Crippen molar-refractivity contribution < 1.29 is 0 Å². The van der Waals surface area contributed by atoms with E-state index < -0.39 is 0 Å². The molecule has 1 aliphatic heterocycles. The van der Waals surface area contributed by atoms with E-state index in [-0.39, 0.29) is 0 Å². The third-order valence-corrected chi connectivity index (χ3v) is 2.33. The molecule has 0 amide bonds. The number of aryl methyl sites for hydroxylation is 1. The number of rotatable bonds is 1. The second kappa shape index (κ2) is 3.27. The molecule has 0 aromatic carbocycles. The van der Waals surface area contributed by atoms with Crippen LogP contribution in [-0.4, -0.2) is 16.3 Å². The Hall–Kier alpha value is -0.830. The summed E-state index contributed by atoms with van der Waals surface area (Å²) in [6, 6.07) is 0. The summed E-state index contributed by atoms with van der Waals surface area (Å²) in [5, 5.41) is 7.74. The zero-order valence-corrected chi connectivity index (χ0v) is 7.45. The number of hydrogen-bond donors (Lipinski definition) is 1. The van der Waals surface area contributed by atoms with E-state index in [9.17, 15) is 0 Å². The molecule has 3 nitrogen and oxygen atoms in total. The molecular formula is C9H15N3. The molecule has 0 spiro atoms. The van der Waals surface area contributed by atoms with E-state index in [1.807, 2.05) is 10.9 Å². The van der Waals surface area contributed by atoms with E-state index in [0.29, 0.717) is 6.17 Å². The van der Waals surface area contributed by atoms with Crippen LogP contribution in [0.25, 0.3) is 0 Å². The lowest BCUT2D eigenvalue weighted by atomic mass is 10.1. The van der Waals surface area contributed by atoms with E-state index in [2.05, 4.69) is 23.5 Å². The fourth-order valence-electron chi connectivity index (χ4n) is 1.66. The molecule has 0 saturated carbocycles. The van der Waals surface area contributed by atoms with Gasteiger partial charge >= 0.3 is 0 Å². The molecule has 0 bridgehead atoms. The molecule has 1 atom stereocenters. The lowest BCUT2D eigenvalue weighted by molar-refractivity contribution is 0.298. The minimum Gasteiger partial charge on any atom is -0.296 e. The molecule has 2 rings (SSSR count). The van der Waals surface area contributed by atoms with Crippen LogP contribution in [0.4, 0.5) is 0 Å². The third kappa shape index (κ3) is 1.50. The van der Waals surface area contributed by atoms with Crippen molar-refractivity contribution in [3.63, 3.8) is 0 Å². The average molecular weight is 165 g/mol. The molecule has 1 N–H and O–H groups in total. The van der Waals surface area contributed by atoms with Crippen molar-refractivity contribution in [3.8, 4) is 0 Å². The quantitative estimate of drug-likeness (QED) is 0.682. The standard InChI is InChI=1S/C9H15N3/c1-8-6-11-12(7-8)9-4-2-3-5-10-9/h6-7,9-10H,2-5H2,1H3/t9-/m0/s1. The van der Waals surface area contributed by atoms with Crippen LogP contribution in [0.3, 0.4) is 0 Å². The van der Waals surface area contributed by atoms with Crippen LogP contribution in [0.2, 0.25) is 0 Å². The van der Waals surface area contributed by atoms with Crippen LogP contribution >= 0.6 is 0 Å². The van der Waals surface area contributed by atoms with Gasteiger partial charge in [0.1, 0.15) is 6.17 Å². The van der Waals surface area contributed by atoms with Gasteiger partial charge in [-0.05, 0) is 38.3 Å². The van der Waals surface area contributed by atoms with Crippen molar-refractivity contribution in [1.29, 1.82) is 0 Å². The zero-order valence-electron chi connectivity index (χ0n) is 7.45. The Labute approximate surface area is 72.8 Å². The molecule has 2 heterocycles. The van der Waals surface area contributed by atoms with Crippen LogP contribution in [-0.2, 0) is 0 Å². The molecule has 1 aromatic heterocycles. The van der Waals surface area contributed by atoms with Crippen LogP contribution in [0.1, 0.15) is 31.0 Å². The molecule has 12 heavy (non-hydrogen) atoms. The first-order valence-corrected chi connectivity index (χ1v) is 4.60. The van der Waals surface area contributed by atoms with Crippen LogP contribution < -0.4 is 5.32 Å². The first kappa shape index (κ1) is 7.80. The average Bonchev–Trinajstić information content (AvgIpc) is 2.54. The maximum Gasteiger partial charge on any atom is 0.101 e. The van der Waals surface area contributed by atoms with Gasteiger partial charge in [-0.2, -0.15) is 5.10 Å². The largest absolute Gasteiger partial charge is 0.296 e. The van der Waals surface area contributed by atoms with Gasteiger partial charge in [0.2, 0.25) is 0 Å². The molecule has 1 aromatic rings. The zero-order chi connectivity index (χ0) is 8.39. The lowest BCUT2D eigenvalue weighted by Gasteiger charge is -2.23. The molecule has 1 aliphatic rings. The SMILES string of the molecule is Cc1cnn([C@H]2CCCCN2)c1. The summed E-state index contributed by atoms with van der Waals surface area (Å²) in [6.45, 7) is 3.20. The molecule has 0 unspecified atom stereocenters. The summed E-state index contributed by atoms with van der Waals surface area (Å²) in [7, 11) is 0. The Morgan fingerprint density at radius 3 is 3.08 bits per heavy atom. The van der Waals surface area contributed by atoms with Crippen molar-refractivity contribution in [3.05, 3.63) is 18.0 Å². The van der Waals surface area contributed by atoms with Crippen molar-refractivity contribution in [2.45, 2.75) is 32.4 Å². The number of nitrogens with one attached hydrogen (secondary N) is 1. The van der Waals surface area contributed by atoms with Crippen LogP contribution in [0.15, 0.2) is 12.4 Å². The van der Waals surface area contributed by atoms with Crippen LogP contribution in [0.5, 0.6) is 0 Å². The number of nitrogens with zero attached hydrogens (tertiary/aromatic N) is 2. The Morgan fingerprint density at radius 1 is 1.58 bits per heavy atom. The van der Waals surface area contributed by atoms with Gasteiger partial charge in [-0.15, -0.1) is 0 Å². The molecule has 3 heteroatoms. The highest BCUT2D eigenvalue weighted by Crippen LogP contribution is 2.15. The topological polar surface area (TPSA) is 29.9 Å². The lowest BCUT2D eigenvalue weighted by Crippen LogP contribution is -2.31. The summed E-state index contributed by atoms with van der Waals surface area (Å²) >= 11 is 0. The van der Waals surface area contributed by atoms with E-state index in [1.54, 1.807) is 0 Å². The van der Waals surface area contributed by atoms with Crippen molar-refractivity contribution in [1.82, 2.24) is 15.1 Å². The normalized spacial score (nSPS) is 24.2. The van der Waals surface area contributed by atoms with Gasteiger partial charge in [0, 0.05) is 6.20 Å². The molecular weight excluding hydrogens is 150 g/mol.